The Kier molecular flexibility index (Phi) is 9.51. The predicted octanol–water partition coefficient (Wildman–Crippen LogP) is 0.374. The van der Waals surface area contributed by atoms with Gasteiger partial charge in [-0.25, -0.2) is 0 Å². The molecule has 0 aromatic heterocycles. The van der Waals surface area contributed by atoms with Crippen LogP contribution in [0.1, 0.15) is 17.5 Å². The number of hydrogen-bond acceptors (Lipinski definition) is 6. The molecule has 6 nitrogen and oxygen atoms in total. The van der Waals surface area contributed by atoms with E-state index in [0.717, 1.165) is 0 Å². The molecule has 0 aliphatic heterocycles. The summed E-state index contributed by atoms with van der Waals surface area (Å²) in [5.74, 6) is -0.0832. The molecule has 7 heteroatoms. The third kappa shape index (κ3) is 6.88. The van der Waals surface area contributed by atoms with Crippen LogP contribution < -0.4 is 39.0 Å². The Balaban J connectivity index is 0.00000392. The Hall–Kier alpha value is -2.54. The van der Waals surface area contributed by atoms with E-state index in [-0.39, 0.29) is 59.0 Å². The first-order chi connectivity index (χ1) is 12.9. The third-order valence-corrected chi connectivity index (χ3v) is 3.68. The molecule has 0 aliphatic carbocycles. The van der Waals surface area contributed by atoms with Crippen LogP contribution in [-0.2, 0) is 9.59 Å². The topological polar surface area (TPSA) is 93.1 Å². The van der Waals surface area contributed by atoms with Crippen LogP contribution in [0, 0.1) is 0 Å². The van der Waals surface area contributed by atoms with Gasteiger partial charge in [-0.2, -0.15) is 0 Å². The molecule has 140 valence electrons. The molecule has 2 rings (SSSR count). The van der Waals surface area contributed by atoms with Crippen molar-refractivity contribution in [2.24, 2.45) is 0 Å². The summed E-state index contributed by atoms with van der Waals surface area (Å²) in [7, 11) is 2.87. The van der Waals surface area contributed by atoms with Crippen molar-refractivity contribution >= 4 is 23.7 Å². The minimum absolute atomic E-state index is 0. The zero-order valence-electron chi connectivity index (χ0n) is 16.0. The average Bonchev–Trinajstić information content (AvgIpc) is 2.66. The SMILES string of the molecule is COc1cc(/C=C/C(=O)CC(=O)/C=C/c2ccc(O)c(OC)c2)ccc1O.[Na+]. The van der Waals surface area contributed by atoms with Crippen molar-refractivity contribution in [2.75, 3.05) is 14.2 Å². The second-order valence-corrected chi connectivity index (χ2v) is 5.64. The Labute approximate surface area is 185 Å². The molecule has 0 saturated carbocycles. The van der Waals surface area contributed by atoms with E-state index in [1.54, 1.807) is 36.4 Å². The van der Waals surface area contributed by atoms with E-state index in [1.165, 1.54) is 38.5 Å². The van der Waals surface area contributed by atoms with Crippen LogP contribution in [0.5, 0.6) is 23.0 Å². The molecule has 0 heterocycles. The molecule has 0 saturated heterocycles. The molecule has 2 aromatic rings. The largest absolute Gasteiger partial charge is 1.00 e. The zero-order valence-corrected chi connectivity index (χ0v) is 18.0. The first-order valence-corrected chi connectivity index (χ1v) is 8.08. The van der Waals surface area contributed by atoms with Crippen LogP contribution in [0.15, 0.2) is 48.6 Å². The number of allylic oxidation sites excluding steroid dienone is 2. The minimum atomic E-state index is -0.347. The van der Waals surface area contributed by atoms with Crippen LogP contribution in [0.3, 0.4) is 0 Å². The van der Waals surface area contributed by atoms with Crippen LogP contribution in [-0.4, -0.2) is 36.0 Å². The Morgan fingerprint density at radius 2 is 1.21 bits per heavy atom. The van der Waals surface area contributed by atoms with Crippen molar-refractivity contribution in [3.63, 3.8) is 0 Å². The summed E-state index contributed by atoms with van der Waals surface area (Å²) in [4.78, 5) is 23.9. The second kappa shape index (κ2) is 11.3. The van der Waals surface area contributed by atoms with Crippen molar-refractivity contribution in [3.05, 3.63) is 59.7 Å². The number of benzene rings is 2. The van der Waals surface area contributed by atoms with Gasteiger partial charge in [-0.3, -0.25) is 9.59 Å². The summed E-state index contributed by atoms with van der Waals surface area (Å²) in [6.45, 7) is 0. The van der Waals surface area contributed by atoms with Gasteiger partial charge in [0.05, 0.1) is 20.6 Å². The second-order valence-electron chi connectivity index (χ2n) is 5.64. The van der Waals surface area contributed by atoms with Gasteiger partial charge >= 0.3 is 29.6 Å². The monoisotopic (exact) mass is 391 g/mol. The minimum Gasteiger partial charge on any atom is -0.504 e. The van der Waals surface area contributed by atoms with Crippen molar-refractivity contribution in [3.8, 4) is 23.0 Å². The maximum absolute atomic E-state index is 11.9. The standard InChI is InChI=1S/C21H20O6.Na/c1-26-20-11-14(5-9-18(20)24)3-7-16(22)13-17(23)8-4-15-6-10-19(25)21(12-15)27-2;/h3-12,24-25H,13H2,1-2H3;/q;+1/b7-3+,8-4+;. The van der Waals surface area contributed by atoms with E-state index in [2.05, 4.69) is 0 Å². The fraction of sp³-hybridized carbons (Fsp3) is 0.143. The van der Waals surface area contributed by atoms with E-state index < -0.39 is 0 Å². The van der Waals surface area contributed by atoms with Gasteiger partial charge < -0.3 is 19.7 Å². The Morgan fingerprint density at radius 3 is 1.57 bits per heavy atom. The van der Waals surface area contributed by atoms with Gasteiger partial charge in [0.15, 0.2) is 34.6 Å². The van der Waals surface area contributed by atoms with Crippen LogP contribution in [0.4, 0.5) is 0 Å². The number of phenolic OH excluding ortho intramolecular Hbond substituents is 2. The van der Waals surface area contributed by atoms with Crippen molar-refractivity contribution in [1.82, 2.24) is 0 Å². The first-order valence-electron chi connectivity index (χ1n) is 8.08. The number of ether oxygens (including phenoxy) is 2. The summed E-state index contributed by atoms with van der Waals surface area (Å²) in [5.41, 5.74) is 1.33. The van der Waals surface area contributed by atoms with Gasteiger partial charge in [-0.05, 0) is 47.5 Å². The van der Waals surface area contributed by atoms with Crippen LogP contribution >= 0.6 is 0 Å². The first kappa shape index (κ1) is 23.5. The molecular formula is C21H20NaO6+. The van der Waals surface area contributed by atoms with Crippen molar-refractivity contribution in [1.29, 1.82) is 0 Å². The Bertz CT molecular complexity index is 828. The molecule has 0 fully saturated rings. The van der Waals surface area contributed by atoms with Gasteiger partial charge in [-0.15, -0.1) is 0 Å². The molecule has 0 aliphatic rings. The van der Waals surface area contributed by atoms with Gasteiger partial charge in [0.25, 0.3) is 0 Å². The van der Waals surface area contributed by atoms with E-state index in [9.17, 15) is 19.8 Å². The number of aromatic hydroxyl groups is 2. The Morgan fingerprint density at radius 1 is 0.821 bits per heavy atom. The molecule has 2 N–H and O–H groups in total. The fourth-order valence-corrected chi connectivity index (χ4v) is 2.26. The number of rotatable bonds is 8. The number of phenols is 2. The van der Waals surface area contributed by atoms with Gasteiger partial charge in [0, 0.05) is 0 Å². The van der Waals surface area contributed by atoms with Gasteiger partial charge in [0.2, 0.25) is 0 Å². The maximum Gasteiger partial charge on any atom is 1.00 e. The van der Waals surface area contributed by atoms with Crippen molar-refractivity contribution in [2.45, 2.75) is 6.42 Å². The molecule has 28 heavy (non-hydrogen) atoms. The van der Waals surface area contributed by atoms with E-state index in [0.29, 0.717) is 22.6 Å². The van der Waals surface area contributed by atoms with E-state index in [4.69, 9.17) is 9.47 Å². The average molecular weight is 391 g/mol. The smallest absolute Gasteiger partial charge is 0.504 e. The zero-order chi connectivity index (χ0) is 19.8. The molecule has 2 aromatic carbocycles. The molecule has 0 spiro atoms. The third-order valence-electron chi connectivity index (χ3n) is 3.68. The van der Waals surface area contributed by atoms with Gasteiger partial charge in [-0.1, -0.05) is 24.3 Å². The molecule has 0 amide bonds. The number of hydrogen-bond donors (Lipinski definition) is 2. The predicted molar refractivity (Wildman–Crippen MR) is 102 cm³/mol. The molecule has 0 atom stereocenters. The summed E-state index contributed by atoms with van der Waals surface area (Å²) >= 11 is 0. The number of ketones is 2. The van der Waals surface area contributed by atoms with E-state index >= 15 is 0 Å². The van der Waals surface area contributed by atoms with Crippen molar-refractivity contribution < 1.29 is 58.8 Å². The van der Waals surface area contributed by atoms with Crippen LogP contribution in [0.2, 0.25) is 0 Å². The maximum atomic E-state index is 11.9. The summed E-state index contributed by atoms with van der Waals surface area (Å²) < 4.78 is 10.00. The van der Waals surface area contributed by atoms with Crippen LogP contribution in [0.25, 0.3) is 12.2 Å². The summed E-state index contributed by atoms with van der Waals surface area (Å²) in [6, 6.07) is 9.34. The molecule has 0 bridgehead atoms. The van der Waals surface area contributed by atoms with Gasteiger partial charge in [0.1, 0.15) is 0 Å². The number of carbonyl (C=O) groups excluding carboxylic acids is 2. The quantitative estimate of drug-likeness (QED) is 0.384. The summed E-state index contributed by atoms with van der Waals surface area (Å²) in [5, 5.41) is 19.1. The fourth-order valence-electron chi connectivity index (χ4n) is 2.26. The number of methoxy groups -OCH3 is 2. The molecule has 0 unspecified atom stereocenters. The van der Waals surface area contributed by atoms with E-state index in [1.807, 2.05) is 0 Å². The number of carbonyl (C=O) groups is 2. The molecular weight excluding hydrogens is 371 g/mol. The summed E-state index contributed by atoms with van der Waals surface area (Å²) in [6.07, 6.45) is 5.44. The molecule has 0 radical (unpaired) electrons. The normalized spacial score (nSPS) is 10.6.